The Morgan fingerprint density at radius 2 is 1.87 bits per heavy atom. The molecule has 1 fully saturated rings. The predicted molar refractivity (Wildman–Crippen MR) is 130 cm³/mol. The number of carbonyl (C=O) groups excluding carboxylic acids is 1. The Balaban J connectivity index is 0.00000450. The lowest BCUT2D eigenvalue weighted by Gasteiger charge is -2.21. The molecule has 0 spiro atoms. The largest absolute Gasteiger partial charge is 0.497 e. The van der Waals surface area contributed by atoms with Crippen molar-refractivity contribution in [2.45, 2.75) is 19.4 Å². The molecule has 3 N–H and O–H groups in total. The molecule has 0 aromatic heterocycles. The van der Waals surface area contributed by atoms with Gasteiger partial charge in [-0.15, -0.1) is 24.0 Å². The quantitative estimate of drug-likeness (QED) is 0.180. The van der Waals surface area contributed by atoms with Crippen molar-refractivity contribution in [2.24, 2.45) is 4.99 Å². The number of anilines is 1. The van der Waals surface area contributed by atoms with Crippen molar-refractivity contribution in [1.82, 2.24) is 16.0 Å². The van der Waals surface area contributed by atoms with E-state index in [1.807, 2.05) is 25.1 Å². The van der Waals surface area contributed by atoms with Crippen LogP contribution in [0.1, 0.15) is 13.3 Å². The number of nitrogens with zero attached hydrogens (tertiary/aromatic N) is 2. The maximum atomic E-state index is 11.9. The van der Waals surface area contributed by atoms with Gasteiger partial charge in [0.1, 0.15) is 18.0 Å². The number of guanidine groups is 1. The fourth-order valence-electron chi connectivity index (χ4n) is 3.10. The summed E-state index contributed by atoms with van der Waals surface area (Å²) in [4.78, 5) is 18.5. The Labute approximate surface area is 195 Å². The van der Waals surface area contributed by atoms with Crippen LogP contribution in [-0.4, -0.2) is 78.6 Å². The van der Waals surface area contributed by atoms with Crippen molar-refractivity contribution >= 4 is 41.5 Å². The first-order valence-corrected chi connectivity index (χ1v) is 9.88. The molecule has 0 aliphatic carbocycles. The second-order valence-electron chi connectivity index (χ2n) is 6.68. The lowest BCUT2D eigenvalue weighted by atomic mass is 10.2. The summed E-state index contributed by atoms with van der Waals surface area (Å²) in [5.74, 6) is 2.05. The van der Waals surface area contributed by atoms with Crippen LogP contribution in [0.25, 0.3) is 0 Å². The first-order valence-electron chi connectivity index (χ1n) is 9.88. The first-order chi connectivity index (χ1) is 14.1. The van der Waals surface area contributed by atoms with E-state index in [9.17, 15) is 4.79 Å². The van der Waals surface area contributed by atoms with Gasteiger partial charge in [0.25, 0.3) is 0 Å². The Kier molecular flexibility index (Phi) is 12.3. The minimum absolute atomic E-state index is 0. The van der Waals surface area contributed by atoms with Gasteiger partial charge >= 0.3 is 0 Å². The van der Waals surface area contributed by atoms with Crippen LogP contribution in [0.5, 0.6) is 11.5 Å². The van der Waals surface area contributed by atoms with Crippen molar-refractivity contribution in [3.05, 3.63) is 18.2 Å². The van der Waals surface area contributed by atoms with Crippen LogP contribution in [0.4, 0.5) is 5.69 Å². The third-order valence-corrected chi connectivity index (χ3v) is 4.58. The molecule has 0 bridgehead atoms. The van der Waals surface area contributed by atoms with E-state index in [1.54, 1.807) is 21.3 Å². The van der Waals surface area contributed by atoms with Crippen LogP contribution < -0.4 is 30.3 Å². The van der Waals surface area contributed by atoms with Crippen LogP contribution in [-0.2, 0) is 9.53 Å². The zero-order chi connectivity index (χ0) is 21.1. The van der Waals surface area contributed by atoms with Gasteiger partial charge in [-0.2, -0.15) is 0 Å². The number of ether oxygens (including phenoxy) is 3. The molecule has 1 unspecified atom stereocenters. The highest BCUT2D eigenvalue weighted by molar-refractivity contribution is 14.0. The number of hydrogen-bond acceptors (Lipinski definition) is 6. The third kappa shape index (κ3) is 8.42. The van der Waals surface area contributed by atoms with E-state index in [2.05, 4.69) is 25.8 Å². The van der Waals surface area contributed by atoms with Gasteiger partial charge in [-0.3, -0.25) is 4.79 Å². The fraction of sp³-hybridized carbons (Fsp3) is 0.600. The first kappa shape index (κ1) is 26.1. The Morgan fingerprint density at radius 1 is 1.17 bits per heavy atom. The van der Waals surface area contributed by atoms with E-state index < -0.39 is 0 Å². The Hall–Kier alpha value is -1.95. The van der Waals surface area contributed by atoms with Crippen molar-refractivity contribution in [3.8, 4) is 11.5 Å². The summed E-state index contributed by atoms with van der Waals surface area (Å²) in [5.41, 5.74) is 1.06. The highest BCUT2D eigenvalue weighted by atomic mass is 127. The number of carbonyl (C=O) groups is 1. The molecule has 10 heteroatoms. The molecule has 1 saturated heterocycles. The maximum absolute atomic E-state index is 11.9. The molecule has 1 aliphatic rings. The smallest absolute Gasteiger partial charge is 0.241 e. The van der Waals surface area contributed by atoms with E-state index in [0.29, 0.717) is 19.1 Å². The van der Waals surface area contributed by atoms with Crippen molar-refractivity contribution < 1.29 is 19.0 Å². The van der Waals surface area contributed by atoms with Crippen LogP contribution in [0.15, 0.2) is 23.2 Å². The highest BCUT2D eigenvalue weighted by Gasteiger charge is 2.24. The molecule has 0 radical (unpaired) electrons. The molecule has 170 valence electrons. The average Bonchev–Trinajstić information content (AvgIpc) is 3.20. The van der Waals surface area contributed by atoms with E-state index in [-0.39, 0.29) is 42.5 Å². The van der Waals surface area contributed by atoms with E-state index in [1.165, 1.54) is 0 Å². The lowest BCUT2D eigenvalue weighted by Crippen LogP contribution is -2.45. The summed E-state index contributed by atoms with van der Waals surface area (Å²) in [5, 5.41) is 9.39. The highest BCUT2D eigenvalue weighted by Crippen LogP contribution is 2.30. The SMILES string of the molecule is CCNC(=NCC(=O)NCCOC)NC1CCN(c2cc(OC)cc(OC)c2)C1.I. The molecule has 0 saturated carbocycles. The fourth-order valence-corrected chi connectivity index (χ4v) is 3.10. The van der Waals surface area contributed by atoms with Gasteiger partial charge in [-0.05, 0) is 13.3 Å². The standard InChI is InChI=1S/C20H33N5O4.HI/c1-5-21-20(23-13-19(26)22-7-9-27-2)24-15-6-8-25(14-15)16-10-17(28-3)12-18(11-16)29-4;/h10-12,15H,5-9,13-14H2,1-4H3,(H,22,26)(H2,21,23,24);1H. The number of halogens is 1. The van der Waals surface area contributed by atoms with Crippen molar-refractivity contribution in [2.75, 3.05) is 65.6 Å². The minimum atomic E-state index is -0.129. The topological polar surface area (TPSA) is 96.5 Å². The molecule has 1 heterocycles. The predicted octanol–water partition coefficient (Wildman–Crippen LogP) is 1.22. The third-order valence-electron chi connectivity index (χ3n) is 4.58. The van der Waals surface area contributed by atoms with Gasteiger partial charge in [0, 0.05) is 63.2 Å². The zero-order valence-electron chi connectivity index (χ0n) is 18.2. The van der Waals surface area contributed by atoms with Crippen LogP contribution in [0.2, 0.25) is 0 Å². The van der Waals surface area contributed by atoms with Gasteiger partial charge in [0.05, 0.1) is 20.8 Å². The van der Waals surface area contributed by atoms with E-state index >= 15 is 0 Å². The van der Waals surface area contributed by atoms with E-state index in [4.69, 9.17) is 14.2 Å². The maximum Gasteiger partial charge on any atom is 0.241 e. The van der Waals surface area contributed by atoms with E-state index in [0.717, 1.165) is 43.2 Å². The van der Waals surface area contributed by atoms with Gasteiger partial charge in [-0.1, -0.05) is 0 Å². The molecule has 1 amide bonds. The van der Waals surface area contributed by atoms with Crippen LogP contribution in [0, 0.1) is 0 Å². The molecular weight excluding hydrogens is 501 g/mol. The summed E-state index contributed by atoms with van der Waals surface area (Å²) in [6.45, 7) is 5.49. The van der Waals surface area contributed by atoms with Crippen molar-refractivity contribution in [1.29, 1.82) is 0 Å². The number of rotatable bonds is 10. The monoisotopic (exact) mass is 535 g/mol. The normalized spacial score (nSPS) is 15.9. The summed E-state index contributed by atoms with van der Waals surface area (Å²) < 4.78 is 15.7. The molecule has 9 nitrogen and oxygen atoms in total. The van der Waals surface area contributed by atoms with Gasteiger partial charge in [-0.25, -0.2) is 4.99 Å². The number of amides is 1. The molecule has 1 aliphatic heterocycles. The summed E-state index contributed by atoms with van der Waals surface area (Å²) >= 11 is 0. The van der Waals surface area contributed by atoms with Gasteiger partial charge < -0.3 is 35.1 Å². The zero-order valence-corrected chi connectivity index (χ0v) is 20.5. The van der Waals surface area contributed by atoms with Crippen molar-refractivity contribution in [3.63, 3.8) is 0 Å². The number of aliphatic imine (C=N–C) groups is 1. The number of methoxy groups -OCH3 is 3. The second kappa shape index (κ2) is 14.1. The Morgan fingerprint density at radius 3 is 2.47 bits per heavy atom. The Bertz CT molecular complexity index is 667. The number of benzene rings is 1. The van der Waals surface area contributed by atoms with Gasteiger partial charge in [0.2, 0.25) is 5.91 Å². The van der Waals surface area contributed by atoms with Crippen LogP contribution in [0.3, 0.4) is 0 Å². The molecular formula is C20H34IN5O4. The molecule has 1 atom stereocenters. The lowest BCUT2D eigenvalue weighted by molar-refractivity contribution is -0.119. The molecule has 2 rings (SSSR count). The second-order valence-corrected chi connectivity index (χ2v) is 6.68. The summed E-state index contributed by atoms with van der Waals surface area (Å²) in [6.07, 6.45) is 0.962. The molecule has 1 aromatic rings. The molecule has 1 aromatic carbocycles. The summed E-state index contributed by atoms with van der Waals surface area (Å²) in [7, 11) is 4.90. The van der Waals surface area contributed by atoms with Crippen LogP contribution >= 0.6 is 24.0 Å². The molecule has 30 heavy (non-hydrogen) atoms. The number of nitrogens with one attached hydrogen (secondary N) is 3. The average molecular weight is 535 g/mol. The number of hydrogen-bond donors (Lipinski definition) is 3. The van der Waals surface area contributed by atoms with Gasteiger partial charge in [0.15, 0.2) is 5.96 Å². The minimum Gasteiger partial charge on any atom is -0.497 e. The summed E-state index contributed by atoms with van der Waals surface area (Å²) in [6, 6.07) is 6.10.